The van der Waals surface area contributed by atoms with Crippen LogP contribution in [0.2, 0.25) is 0 Å². The van der Waals surface area contributed by atoms with Crippen molar-refractivity contribution >= 4 is 28.4 Å². The molecule has 44 heavy (non-hydrogen) atoms. The fourth-order valence-corrected chi connectivity index (χ4v) is 5.16. The number of carbonyl (C=O) groups is 2. The Kier molecular flexibility index (Phi) is 7.76. The fourth-order valence-electron chi connectivity index (χ4n) is 5.16. The molecule has 2 N–H and O–H groups in total. The molecule has 0 unspecified atom stereocenters. The van der Waals surface area contributed by atoms with Crippen LogP contribution in [0.3, 0.4) is 0 Å². The predicted octanol–water partition coefficient (Wildman–Crippen LogP) is 5.57. The van der Waals surface area contributed by atoms with E-state index in [-0.39, 0.29) is 24.7 Å². The Morgan fingerprint density at radius 2 is 1.82 bits per heavy atom. The van der Waals surface area contributed by atoms with Gasteiger partial charge in [-0.3, -0.25) is 14.5 Å². The quantitative estimate of drug-likeness (QED) is 0.227. The van der Waals surface area contributed by atoms with Crippen LogP contribution in [0.25, 0.3) is 22.5 Å². The first-order chi connectivity index (χ1) is 21.3. The van der Waals surface area contributed by atoms with Crippen molar-refractivity contribution in [3.05, 3.63) is 119 Å². The smallest absolute Gasteiger partial charge is 0.251 e. The summed E-state index contributed by atoms with van der Waals surface area (Å²) in [5.74, 6) is 0.174. The molecule has 0 saturated heterocycles. The van der Waals surface area contributed by atoms with Crippen LogP contribution in [0.15, 0.2) is 89.5 Å². The lowest BCUT2D eigenvalue weighted by atomic mass is 10.00. The number of halogens is 1. The van der Waals surface area contributed by atoms with E-state index in [2.05, 4.69) is 25.7 Å². The van der Waals surface area contributed by atoms with Crippen LogP contribution in [0, 0.1) is 26.6 Å². The second-order valence-corrected chi connectivity index (χ2v) is 10.6. The van der Waals surface area contributed by atoms with E-state index in [1.807, 2.05) is 63.2 Å². The van der Waals surface area contributed by atoms with Gasteiger partial charge in [0.1, 0.15) is 24.2 Å². The average Bonchev–Trinajstić information content (AvgIpc) is 3.77. The number of aromatic nitrogens is 5. The Morgan fingerprint density at radius 1 is 1.02 bits per heavy atom. The molecule has 0 fully saturated rings. The number of aryl methyl sites for hydroxylation is 3. The number of furan rings is 1. The summed E-state index contributed by atoms with van der Waals surface area (Å²) in [7, 11) is 0. The van der Waals surface area contributed by atoms with Crippen molar-refractivity contribution < 1.29 is 18.4 Å². The number of anilines is 1. The van der Waals surface area contributed by atoms with Crippen LogP contribution in [0.5, 0.6) is 0 Å². The summed E-state index contributed by atoms with van der Waals surface area (Å²) in [5.41, 5.74) is 4.45. The van der Waals surface area contributed by atoms with Crippen LogP contribution in [0.1, 0.15) is 34.1 Å². The van der Waals surface area contributed by atoms with Gasteiger partial charge in [0, 0.05) is 34.9 Å². The predicted molar refractivity (Wildman–Crippen MR) is 163 cm³/mol. The minimum absolute atomic E-state index is 0.142. The van der Waals surface area contributed by atoms with Gasteiger partial charge in [0.05, 0.1) is 0 Å². The molecule has 222 valence electrons. The van der Waals surface area contributed by atoms with Crippen molar-refractivity contribution in [3.8, 4) is 11.6 Å². The Bertz CT molecular complexity index is 1960. The third-order valence-corrected chi connectivity index (χ3v) is 7.39. The third kappa shape index (κ3) is 5.84. The lowest BCUT2D eigenvalue weighted by Crippen LogP contribution is -2.45. The van der Waals surface area contributed by atoms with E-state index in [0.717, 1.165) is 27.6 Å². The topological polar surface area (TPSA) is 122 Å². The van der Waals surface area contributed by atoms with Gasteiger partial charge in [0.15, 0.2) is 5.76 Å². The van der Waals surface area contributed by atoms with Crippen LogP contribution in [-0.4, -0.2) is 37.0 Å². The van der Waals surface area contributed by atoms with Gasteiger partial charge in [-0.25, -0.2) is 4.39 Å². The maximum absolute atomic E-state index is 14.4. The van der Waals surface area contributed by atoms with Crippen LogP contribution >= 0.6 is 0 Å². The Balaban J connectivity index is 1.42. The van der Waals surface area contributed by atoms with Gasteiger partial charge in [-0.15, -0.1) is 10.2 Å². The SMILES string of the molecule is Cc1ccc(C)c(N(C(=O)Cn2nnc(-c3ccc(C)o3)n2)[C@H](C(=O)NCc2ccc(F)cc2)c2c[nH]c3ccccc23)c1. The second kappa shape index (κ2) is 12.0. The third-order valence-electron chi connectivity index (χ3n) is 7.39. The van der Waals surface area contributed by atoms with Gasteiger partial charge in [-0.05, 0) is 79.1 Å². The number of nitrogens with zero attached hydrogens (tertiary/aromatic N) is 5. The Labute approximate surface area is 252 Å². The average molecular weight is 592 g/mol. The van der Waals surface area contributed by atoms with Gasteiger partial charge in [0.2, 0.25) is 11.7 Å². The number of carbonyl (C=O) groups excluding carboxylic acids is 2. The summed E-state index contributed by atoms with van der Waals surface area (Å²) in [6.45, 7) is 5.49. The normalized spacial score (nSPS) is 11.9. The molecule has 2 amide bonds. The molecular formula is C33H30FN7O3. The Morgan fingerprint density at radius 3 is 2.59 bits per heavy atom. The molecule has 0 saturated carbocycles. The number of para-hydroxylation sites is 1. The molecule has 6 rings (SSSR count). The maximum Gasteiger partial charge on any atom is 0.251 e. The zero-order valence-electron chi connectivity index (χ0n) is 24.4. The number of aromatic amines is 1. The van der Waals surface area contributed by atoms with Gasteiger partial charge < -0.3 is 14.7 Å². The van der Waals surface area contributed by atoms with Gasteiger partial charge >= 0.3 is 0 Å². The highest BCUT2D eigenvalue weighted by Crippen LogP contribution is 2.35. The highest BCUT2D eigenvalue weighted by atomic mass is 19.1. The largest absolute Gasteiger partial charge is 0.458 e. The minimum atomic E-state index is -1.07. The first kappa shape index (κ1) is 28.5. The summed E-state index contributed by atoms with van der Waals surface area (Å²) >= 11 is 0. The molecule has 10 nitrogen and oxygen atoms in total. The highest BCUT2D eigenvalue weighted by Gasteiger charge is 2.35. The van der Waals surface area contributed by atoms with Crippen molar-refractivity contribution in [1.29, 1.82) is 0 Å². The summed E-state index contributed by atoms with van der Waals surface area (Å²) in [4.78, 5) is 34.5. The number of nitrogens with one attached hydrogen (secondary N) is 2. The van der Waals surface area contributed by atoms with Gasteiger partial charge in [-0.2, -0.15) is 4.80 Å². The summed E-state index contributed by atoms with van der Waals surface area (Å²) in [6.07, 6.45) is 1.75. The lowest BCUT2D eigenvalue weighted by molar-refractivity contribution is -0.127. The van der Waals surface area contributed by atoms with Crippen molar-refractivity contribution in [2.45, 2.75) is 39.9 Å². The summed E-state index contributed by atoms with van der Waals surface area (Å²) in [5, 5.41) is 16.3. The van der Waals surface area contributed by atoms with Gasteiger partial charge in [-0.1, -0.05) is 42.5 Å². The molecule has 0 aliphatic rings. The van der Waals surface area contributed by atoms with Gasteiger partial charge in [0.25, 0.3) is 5.91 Å². The number of H-pyrrole nitrogens is 1. The standard InChI is InChI=1S/C33H30FN7O3/c1-20-8-9-21(2)28(16-20)41(30(42)19-40-38-32(37-39-40)29-15-10-22(3)44-29)31(26-18-35-27-7-5-4-6-25(26)27)33(43)36-17-23-11-13-24(34)14-12-23/h4-16,18,31,35H,17,19H2,1-3H3,(H,36,43)/t31-/m0/s1. The highest BCUT2D eigenvalue weighted by molar-refractivity contribution is 6.04. The zero-order chi connectivity index (χ0) is 30.8. The maximum atomic E-state index is 14.4. The van der Waals surface area contributed by atoms with E-state index in [0.29, 0.717) is 22.8 Å². The van der Waals surface area contributed by atoms with Crippen LogP contribution in [0.4, 0.5) is 10.1 Å². The van der Waals surface area contributed by atoms with E-state index in [1.54, 1.807) is 30.5 Å². The first-order valence-electron chi connectivity index (χ1n) is 14.1. The number of amides is 2. The number of hydrogen-bond donors (Lipinski definition) is 2. The molecule has 0 aliphatic carbocycles. The second-order valence-electron chi connectivity index (χ2n) is 10.6. The molecule has 0 aliphatic heterocycles. The molecule has 3 aromatic heterocycles. The molecule has 6 aromatic rings. The van der Waals surface area contributed by atoms with E-state index in [1.165, 1.54) is 21.8 Å². The first-order valence-corrected chi connectivity index (χ1v) is 14.1. The number of fused-ring (bicyclic) bond motifs is 1. The number of hydrogen-bond acceptors (Lipinski definition) is 6. The number of rotatable bonds is 9. The van der Waals surface area contributed by atoms with Crippen molar-refractivity contribution in [2.75, 3.05) is 4.90 Å². The summed E-state index contributed by atoms with van der Waals surface area (Å²) in [6, 6.07) is 21.7. The summed E-state index contributed by atoms with van der Waals surface area (Å²) < 4.78 is 19.1. The number of benzene rings is 3. The van der Waals surface area contributed by atoms with E-state index >= 15 is 0 Å². The van der Waals surface area contributed by atoms with E-state index < -0.39 is 17.9 Å². The van der Waals surface area contributed by atoms with Crippen LogP contribution < -0.4 is 10.2 Å². The molecule has 3 aromatic carbocycles. The lowest BCUT2D eigenvalue weighted by Gasteiger charge is -2.32. The molecular weight excluding hydrogens is 561 g/mol. The van der Waals surface area contributed by atoms with Crippen molar-refractivity contribution in [1.82, 2.24) is 30.5 Å². The molecule has 0 radical (unpaired) electrons. The minimum Gasteiger partial charge on any atom is -0.458 e. The zero-order valence-corrected chi connectivity index (χ0v) is 24.4. The van der Waals surface area contributed by atoms with Crippen molar-refractivity contribution in [3.63, 3.8) is 0 Å². The molecule has 0 spiro atoms. The Hall–Kier alpha value is -5.58. The molecule has 1 atom stereocenters. The molecule has 0 bridgehead atoms. The molecule has 3 heterocycles. The molecule has 11 heteroatoms. The van der Waals surface area contributed by atoms with Crippen molar-refractivity contribution in [2.24, 2.45) is 0 Å². The fraction of sp³-hybridized carbons (Fsp3) is 0.182. The van der Waals surface area contributed by atoms with E-state index in [9.17, 15) is 14.0 Å². The van der Waals surface area contributed by atoms with Crippen LogP contribution in [-0.2, 0) is 22.7 Å². The monoisotopic (exact) mass is 591 g/mol. The number of tetrazole rings is 1. The van der Waals surface area contributed by atoms with E-state index in [4.69, 9.17) is 4.42 Å².